The largest absolute Gasteiger partial charge is 0.309 e. The quantitative estimate of drug-likeness (QED) is 0.303. The molecule has 0 atom stereocenters. The monoisotopic (exact) mass is 380 g/mol. The summed E-state index contributed by atoms with van der Waals surface area (Å²) in [6, 6.07) is 8.65. The molecule has 1 aromatic heterocycles. The third kappa shape index (κ3) is 5.30. The van der Waals surface area contributed by atoms with E-state index in [4.69, 9.17) is 10.4 Å². The van der Waals surface area contributed by atoms with Crippen molar-refractivity contribution in [1.82, 2.24) is 15.2 Å². The van der Waals surface area contributed by atoms with Gasteiger partial charge in [0.1, 0.15) is 5.82 Å². The first-order valence-corrected chi connectivity index (χ1v) is 11.2. The Kier molecular flexibility index (Phi) is 7.41. The van der Waals surface area contributed by atoms with Gasteiger partial charge in [-0.1, -0.05) is 76.5 Å². The highest BCUT2D eigenvalue weighted by Crippen LogP contribution is 2.47. The maximum atomic E-state index is 8.02. The van der Waals surface area contributed by atoms with Crippen LogP contribution >= 0.6 is 0 Å². The van der Waals surface area contributed by atoms with E-state index in [0.717, 1.165) is 36.5 Å². The van der Waals surface area contributed by atoms with Crippen molar-refractivity contribution in [2.45, 2.75) is 96.3 Å². The molecule has 4 nitrogen and oxygen atoms in total. The van der Waals surface area contributed by atoms with Crippen LogP contribution in [0.15, 0.2) is 24.3 Å². The fraction of sp³-hybridized carbons (Fsp3) is 0.625. The van der Waals surface area contributed by atoms with Gasteiger partial charge in [0, 0.05) is 11.3 Å². The Labute approximate surface area is 170 Å². The van der Waals surface area contributed by atoms with Crippen LogP contribution in [-0.4, -0.2) is 20.9 Å². The van der Waals surface area contributed by atoms with Gasteiger partial charge in [-0.25, -0.2) is 4.98 Å². The van der Waals surface area contributed by atoms with Crippen LogP contribution in [0.2, 0.25) is 0 Å². The van der Waals surface area contributed by atoms with Crippen LogP contribution < -0.4 is 0 Å². The predicted octanol–water partition coefficient (Wildman–Crippen LogP) is 6.62. The number of benzene rings is 1. The minimum atomic E-state index is -0.167. The van der Waals surface area contributed by atoms with Crippen LogP contribution in [0.1, 0.15) is 95.9 Å². The second-order valence-corrected chi connectivity index (χ2v) is 8.49. The van der Waals surface area contributed by atoms with Gasteiger partial charge in [-0.15, -0.1) is 0 Å². The van der Waals surface area contributed by atoms with Gasteiger partial charge in [-0.2, -0.15) is 5.10 Å². The van der Waals surface area contributed by atoms with Gasteiger partial charge in [0.05, 0.1) is 5.41 Å². The fourth-order valence-corrected chi connectivity index (χ4v) is 4.03. The average molecular weight is 381 g/mol. The Morgan fingerprint density at radius 1 is 1.04 bits per heavy atom. The number of H-pyrrole nitrogens is 1. The van der Waals surface area contributed by atoms with Crippen LogP contribution in [0.5, 0.6) is 0 Å². The van der Waals surface area contributed by atoms with Crippen LogP contribution in [0.3, 0.4) is 0 Å². The molecule has 1 fully saturated rings. The number of rotatable bonds is 13. The molecule has 4 heteroatoms. The van der Waals surface area contributed by atoms with E-state index >= 15 is 0 Å². The molecule has 0 bridgehead atoms. The van der Waals surface area contributed by atoms with E-state index in [2.05, 4.69) is 41.4 Å². The highest BCUT2D eigenvalue weighted by molar-refractivity contribution is 5.92. The van der Waals surface area contributed by atoms with Gasteiger partial charge >= 0.3 is 0 Å². The number of hydrogen-bond donors (Lipinski definition) is 2. The lowest BCUT2D eigenvalue weighted by Gasteiger charge is -2.08. The molecule has 2 N–H and O–H groups in total. The first kappa shape index (κ1) is 20.8. The molecular formula is C24H36N4. The smallest absolute Gasteiger partial charge is 0.181 e. The fourth-order valence-electron chi connectivity index (χ4n) is 4.03. The van der Waals surface area contributed by atoms with Crippen molar-refractivity contribution < 1.29 is 0 Å². The van der Waals surface area contributed by atoms with Gasteiger partial charge in [-0.05, 0) is 44.2 Å². The molecule has 0 unspecified atom stereocenters. The summed E-state index contributed by atoms with van der Waals surface area (Å²) in [7, 11) is 0. The van der Waals surface area contributed by atoms with E-state index in [1.807, 2.05) is 6.92 Å². The third-order valence-corrected chi connectivity index (χ3v) is 6.16. The molecule has 1 heterocycles. The molecule has 0 radical (unpaired) electrons. The van der Waals surface area contributed by atoms with Crippen LogP contribution in [-0.2, 0) is 11.8 Å². The second kappa shape index (κ2) is 9.99. The van der Waals surface area contributed by atoms with Gasteiger partial charge in [0.15, 0.2) is 5.82 Å². The number of nitrogens with zero attached hydrogens (tertiary/aromatic N) is 2. The van der Waals surface area contributed by atoms with Crippen molar-refractivity contribution in [3.05, 3.63) is 35.7 Å². The number of nitrogens with one attached hydrogen (secondary N) is 2. The molecule has 2 aromatic rings. The Hall–Kier alpha value is -1.97. The zero-order valence-electron chi connectivity index (χ0n) is 17.7. The van der Waals surface area contributed by atoms with Crippen molar-refractivity contribution in [1.29, 1.82) is 5.41 Å². The van der Waals surface area contributed by atoms with E-state index in [9.17, 15) is 0 Å². The number of aromatic amines is 1. The molecule has 3 rings (SSSR count). The van der Waals surface area contributed by atoms with Gasteiger partial charge in [-0.3, -0.25) is 5.10 Å². The molecule has 28 heavy (non-hydrogen) atoms. The molecule has 1 aromatic carbocycles. The molecule has 0 saturated heterocycles. The van der Waals surface area contributed by atoms with E-state index in [1.165, 1.54) is 63.4 Å². The maximum absolute atomic E-state index is 8.02. The number of hydrogen-bond acceptors (Lipinski definition) is 3. The van der Waals surface area contributed by atoms with E-state index in [-0.39, 0.29) is 5.41 Å². The van der Waals surface area contributed by atoms with Gasteiger partial charge < -0.3 is 5.41 Å². The summed E-state index contributed by atoms with van der Waals surface area (Å²) in [5.41, 5.74) is 2.97. The van der Waals surface area contributed by atoms with Crippen molar-refractivity contribution in [2.75, 3.05) is 0 Å². The van der Waals surface area contributed by atoms with Crippen LogP contribution in [0, 0.1) is 5.41 Å². The normalized spacial score (nSPS) is 14.9. The van der Waals surface area contributed by atoms with E-state index < -0.39 is 0 Å². The zero-order chi connectivity index (χ0) is 19.8. The Morgan fingerprint density at radius 2 is 1.71 bits per heavy atom. The number of unbranched alkanes of at least 4 members (excludes halogenated alkanes) is 8. The molecule has 1 saturated carbocycles. The summed E-state index contributed by atoms with van der Waals surface area (Å²) in [4.78, 5) is 4.72. The third-order valence-electron chi connectivity index (χ3n) is 6.16. The van der Waals surface area contributed by atoms with E-state index in [0.29, 0.717) is 5.71 Å². The summed E-state index contributed by atoms with van der Waals surface area (Å²) < 4.78 is 0. The highest BCUT2D eigenvalue weighted by atomic mass is 15.2. The topological polar surface area (TPSA) is 65.4 Å². The summed E-state index contributed by atoms with van der Waals surface area (Å²) >= 11 is 0. The lowest BCUT2D eigenvalue weighted by atomic mass is 10.0. The molecule has 1 aliphatic rings. The highest BCUT2D eigenvalue weighted by Gasteiger charge is 2.49. The van der Waals surface area contributed by atoms with Crippen molar-refractivity contribution in [3.63, 3.8) is 0 Å². The average Bonchev–Trinajstić information content (AvgIpc) is 3.37. The zero-order valence-corrected chi connectivity index (χ0v) is 17.7. The minimum absolute atomic E-state index is 0.167. The lowest BCUT2D eigenvalue weighted by molar-refractivity contribution is 0.565. The van der Waals surface area contributed by atoms with E-state index in [1.54, 1.807) is 0 Å². The molecular weight excluding hydrogens is 344 g/mol. The number of aryl methyl sites for hydroxylation is 1. The van der Waals surface area contributed by atoms with Gasteiger partial charge in [0.25, 0.3) is 0 Å². The Morgan fingerprint density at radius 3 is 2.36 bits per heavy atom. The Bertz CT molecular complexity index is 757. The standard InChI is InChI=1S/C24H36N4/c1-3-4-5-6-7-8-9-10-11-13-20-14-12-15-21(18-20)22-26-23(28-27-22)24(16-17-24)19(2)25/h12,14-15,18,25H,3-11,13,16-17H2,1-2H3,(H,26,27,28). The molecule has 0 spiro atoms. The molecule has 0 amide bonds. The Balaban J connectivity index is 1.45. The van der Waals surface area contributed by atoms with Crippen molar-refractivity contribution >= 4 is 5.71 Å². The summed E-state index contributed by atoms with van der Waals surface area (Å²) in [5.74, 6) is 1.62. The lowest BCUT2D eigenvalue weighted by Crippen LogP contribution is -2.18. The summed E-state index contributed by atoms with van der Waals surface area (Å²) in [5, 5.41) is 15.5. The minimum Gasteiger partial charge on any atom is -0.309 e. The second-order valence-electron chi connectivity index (χ2n) is 8.49. The number of aromatic nitrogens is 3. The van der Waals surface area contributed by atoms with Crippen molar-refractivity contribution in [3.8, 4) is 11.4 Å². The SMILES string of the molecule is CCCCCCCCCCCc1cccc(-c2n[nH]c(C3(C(C)=N)CC3)n2)c1. The first-order valence-electron chi connectivity index (χ1n) is 11.2. The van der Waals surface area contributed by atoms with Gasteiger partial charge in [0.2, 0.25) is 0 Å². The molecule has 152 valence electrons. The first-order chi connectivity index (χ1) is 13.7. The van der Waals surface area contributed by atoms with Crippen LogP contribution in [0.4, 0.5) is 0 Å². The van der Waals surface area contributed by atoms with Crippen molar-refractivity contribution in [2.24, 2.45) is 0 Å². The molecule has 0 aliphatic heterocycles. The van der Waals surface area contributed by atoms with Crippen LogP contribution in [0.25, 0.3) is 11.4 Å². The summed E-state index contributed by atoms with van der Waals surface area (Å²) in [6.07, 6.45) is 15.4. The maximum Gasteiger partial charge on any atom is 0.181 e. The summed E-state index contributed by atoms with van der Waals surface area (Å²) in [6.45, 7) is 4.15. The predicted molar refractivity (Wildman–Crippen MR) is 117 cm³/mol. The molecule has 1 aliphatic carbocycles.